The summed E-state index contributed by atoms with van der Waals surface area (Å²) in [5, 5.41) is 0. The number of phosphoric acid groups is 1. The normalized spacial score (nSPS) is 20.9. The minimum Gasteiger partial charge on any atom is -0.453 e. The highest BCUT2D eigenvalue weighted by Crippen LogP contribution is 2.48. The second-order valence-electron chi connectivity index (χ2n) is 11.7. The van der Waals surface area contributed by atoms with Crippen LogP contribution < -0.4 is 5.69 Å². The van der Waals surface area contributed by atoms with Crippen LogP contribution in [0.25, 0.3) is 0 Å². The lowest BCUT2D eigenvalue weighted by Gasteiger charge is -2.24. The van der Waals surface area contributed by atoms with Gasteiger partial charge in [0.05, 0.1) is 13.2 Å². The van der Waals surface area contributed by atoms with Crippen LogP contribution in [-0.4, -0.2) is 51.8 Å². The number of hydrogen-bond acceptors (Lipinski definition) is 8. The van der Waals surface area contributed by atoms with E-state index in [1.807, 2.05) is 0 Å². The number of ether oxygens (including phenoxy) is 2. The van der Waals surface area contributed by atoms with Gasteiger partial charge in [-0.2, -0.15) is 13.8 Å². The zero-order valence-electron chi connectivity index (χ0n) is 26.7. The molecule has 0 spiro atoms. The summed E-state index contributed by atoms with van der Waals surface area (Å²) in [5.41, 5.74) is -0.641. The third-order valence-corrected chi connectivity index (χ3v) is 8.70. The Morgan fingerprint density at radius 2 is 1.50 bits per heavy atom. The van der Waals surface area contributed by atoms with Gasteiger partial charge < -0.3 is 14.4 Å². The molecule has 0 aromatic carbocycles. The van der Waals surface area contributed by atoms with Crippen LogP contribution in [0.1, 0.15) is 135 Å². The lowest BCUT2D eigenvalue weighted by atomic mass is 10.1. The fourth-order valence-corrected chi connectivity index (χ4v) is 5.92. The summed E-state index contributed by atoms with van der Waals surface area (Å²) in [6.07, 6.45) is 11.1. The number of carbonyl (C=O) groups is 1. The Labute approximate surface area is 260 Å². The number of carbonyl (C=O) groups excluding carboxylic acids is 1. The molecule has 4 atom stereocenters. The van der Waals surface area contributed by atoms with Crippen LogP contribution in [0.4, 0.5) is 8.78 Å². The third kappa shape index (κ3) is 13.7. The van der Waals surface area contributed by atoms with E-state index in [1.54, 1.807) is 0 Å². The Hall–Kier alpha value is -1.72. The third-order valence-electron chi connectivity index (χ3n) is 7.72. The Balaban J connectivity index is 1.95. The number of hydrogen-bond donors (Lipinski definition) is 1. The average molecular weight is 651 g/mol. The zero-order valence-corrected chi connectivity index (χ0v) is 27.6. The SMILES string of the molecule is CCCCCCCCCCOP(=O)(O)OC[C@H]1O[C@@H](n2ccc(C)nc2=O)C(F)(F)[C@@H]1OC(=O)CCCCCCCCCC. The molecule has 2 heterocycles. The molecule has 1 N–H and O–H groups in total. The number of nitrogens with zero attached hydrogens (tertiary/aromatic N) is 2. The second kappa shape index (κ2) is 20.4. The summed E-state index contributed by atoms with van der Waals surface area (Å²) in [5.74, 6) is -4.70. The lowest BCUT2D eigenvalue weighted by Crippen LogP contribution is -2.44. The average Bonchev–Trinajstić information content (AvgIpc) is 3.21. The molecule has 254 valence electrons. The van der Waals surface area contributed by atoms with Crippen molar-refractivity contribution < 1.29 is 41.6 Å². The van der Waals surface area contributed by atoms with Crippen molar-refractivity contribution in [1.29, 1.82) is 0 Å². The molecule has 10 nitrogen and oxygen atoms in total. The van der Waals surface area contributed by atoms with Crippen LogP contribution in [0.15, 0.2) is 17.1 Å². The molecule has 0 amide bonds. The Bertz CT molecular complexity index is 1070. The van der Waals surface area contributed by atoms with Crippen LogP contribution in [0.5, 0.6) is 0 Å². The number of phosphoric ester groups is 1. The number of unbranched alkanes of at least 4 members (excludes halogenated alkanes) is 14. The molecule has 1 aromatic heterocycles. The number of alkyl halides is 2. The number of esters is 1. The molecule has 1 aliphatic rings. The van der Waals surface area contributed by atoms with Gasteiger partial charge >= 0.3 is 25.4 Å². The van der Waals surface area contributed by atoms with Gasteiger partial charge in [-0.3, -0.25) is 18.4 Å². The van der Waals surface area contributed by atoms with E-state index in [2.05, 4.69) is 18.8 Å². The quantitative estimate of drug-likeness (QED) is 0.0677. The van der Waals surface area contributed by atoms with E-state index in [-0.39, 0.29) is 13.0 Å². The molecular weight excluding hydrogens is 597 g/mol. The maximum atomic E-state index is 15.7. The van der Waals surface area contributed by atoms with Gasteiger partial charge in [0.2, 0.25) is 6.23 Å². The summed E-state index contributed by atoms with van der Waals surface area (Å²) < 4.78 is 65.1. The second-order valence-corrected chi connectivity index (χ2v) is 13.1. The lowest BCUT2D eigenvalue weighted by molar-refractivity contribution is -0.176. The summed E-state index contributed by atoms with van der Waals surface area (Å²) in [6, 6.07) is 1.37. The van der Waals surface area contributed by atoms with Gasteiger partial charge in [-0.1, -0.05) is 104 Å². The predicted octanol–water partition coefficient (Wildman–Crippen LogP) is 7.80. The Morgan fingerprint density at radius 3 is 2.07 bits per heavy atom. The van der Waals surface area contributed by atoms with Gasteiger partial charge in [0.15, 0.2) is 6.10 Å². The van der Waals surface area contributed by atoms with Gasteiger partial charge in [-0.25, -0.2) is 9.36 Å². The minimum absolute atomic E-state index is 0.0332. The van der Waals surface area contributed by atoms with Crippen molar-refractivity contribution in [2.75, 3.05) is 13.2 Å². The molecule has 0 radical (unpaired) electrons. The highest BCUT2D eigenvalue weighted by Gasteiger charge is 2.62. The fraction of sp³-hybridized carbons (Fsp3) is 0.839. The molecular formula is C31H53F2N2O8P. The number of aromatic nitrogens is 2. The van der Waals surface area contributed by atoms with Gasteiger partial charge in [-0.15, -0.1) is 0 Å². The first-order valence-electron chi connectivity index (χ1n) is 16.4. The topological polar surface area (TPSA) is 126 Å². The monoisotopic (exact) mass is 650 g/mol. The van der Waals surface area contributed by atoms with Crippen LogP contribution in [-0.2, 0) is 27.9 Å². The van der Waals surface area contributed by atoms with Crippen LogP contribution in [0, 0.1) is 6.92 Å². The van der Waals surface area contributed by atoms with Gasteiger partial charge in [0, 0.05) is 18.3 Å². The van der Waals surface area contributed by atoms with E-state index in [1.165, 1.54) is 45.1 Å². The largest absolute Gasteiger partial charge is 0.472 e. The fourth-order valence-electron chi connectivity index (χ4n) is 5.15. The smallest absolute Gasteiger partial charge is 0.453 e. The van der Waals surface area contributed by atoms with Crippen molar-refractivity contribution in [3.05, 3.63) is 28.4 Å². The van der Waals surface area contributed by atoms with Crippen LogP contribution in [0.3, 0.4) is 0 Å². The maximum Gasteiger partial charge on any atom is 0.472 e. The summed E-state index contributed by atoms with van der Waals surface area (Å²) in [4.78, 5) is 38.9. The van der Waals surface area contributed by atoms with Crippen molar-refractivity contribution in [3.63, 3.8) is 0 Å². The molecule has 0 saturated carbocycles. The highest BCUT2D eigenvalue weighted by molar-refractivity contribution is 7.47. The molecule has 2 rings (SSSR count). The molecule has 1 unspecified atom stereocenters. The van der Waals surface area contributed by atoms with E-state index >= 15 is 8.78 Å². The maximum absolute atomic E-state index is 15.7. The molecule has 0 aliphatic carbocycles. The standard InChI is InChI=1S/C31H53F2N2O8P/c1-4-6-8-10-12-14-16-18-20-27(36)43-28-26(42-29(31(28,32)33)35-22-21-25(3)34-30(35)37)24-41-44(38,39)40-23-19-17-15-13-11-9-7-5-2/h21-22,26,28-29H,4-20,23-24H2,1-3H3,(H,38,39)/t26-,28-,29-/m1/s1. The number of rotatable bonds is 24. The van der Waals surface area contributed by atoms with Crippen LogP contribution in [0.2, 0.25) is 0 Å². The van der Waals surface area contributed by atoms with Gasteiger partial charge in [-0.05, 0) is 25.8 Å². The summed E-state index contributed by atoms with van der Waals surface area (Å²) in [6.45, 7) is 4.99. The van der Waals surface area contributed by atoms with Crippen molar-refractivity contribution in [2.24, 2.45) is 0 Å². The molecule has 44 heavy (non-hydrogen) atoms. The molecule has 1 aromatic rings. The van der Waals surface area contributed by atoms with Crippen molar-refractivity contribution >= 4 is 13.8 Å². The van der Waals surface area contributed by atoms with Gasteiger partial charge in [0.25, 0.3) is 0 Å². The van der Waals surface area contributed by atoms with E-state index in [9.17, 15) is 19.0 Å². The number of aryl methyl sites for hydroxylation is 1. The first-order chi connectivity index (χ1) is 21.0. The van der Waals surface area contributed by atoms with Crippen LogP contribution >= 0.6 is 7.82 Å². The van der Waals surface area contributed by atoms with Gasteiger partial charge in [0.1, 0.15) is 6.10 Å². The molecule has 1 fully saturated rings. The Morgan fingerprint density at radius 1 is 0.955 bits per heavy atom. The molecule has 1 saturated heterocycles. The molecule has 0 bridgehead atoms. The highest BCUT2D eigenvalue weighted by atomic mass is 31.2. The zero-order chi connectivity index (χ0) is 32.4. The van der Waals surface area contributed by atoms with E-state index in [4.69, 9.17) is 18.5 Å². The van der Waals surface area contributed by atoms with E-state index in [0.29, 0.717) is 23.1 Å². The summed E-state index contributed by atoms with van der Waals surface area (Å²) >= 11 is 0. The first-order valence-corrected chi connectivity index (χ1v) is 17.9. The predicted molar refractivity (Wildman–Crippen MR) is 164 cm³/mol. The summed E-state index contributed by atoms with van der Waals surface area (Å²) in [7, 11) is -4.61. The van der Waals surface area contributed by atoms with E-state index < -0.39 is 50.4 Å². The Kier molecular flexibility index (Phi) is 17.8. The van der Waals surface area contributed by atoms with Crippen molar-refractivity contribution in [2.45, 2.75) is 154 Å². The molecule has 1 aliphatic heterocycles. The van der Waals surface area contributed by atoms with Crippen molar-refractivity contribution in [3.8, 4) is 0 Å². The van der Waals surface area contributed by atoms with Crippen molar-refractivity contribution in [1.82, 2.24) is 9.55 Å². The number of halogens is 2. The minimum atomic E-state index is -4.61. The van der Waals surface area contributed by atoms with E-state index in [0.717, 1.165) is 64.0 Å². The molecule has 13 heteroatoms. The first kappa shape index (κ1) is 38.5.